The number of rotatable bonds is 10. The number of thiazole rings is 1. The summed E-state index contributed by atoms with van der Waals surface area (Å²) in [5, 5.41) is 15.0. The smallest absolute Gasteiger partial charge is 0.336 e. The van der Waals surface area contributed by atoms with E-state index in [2.05, 4.69) is 15.6 Å². The van der Waals surface area contributed by atoms with Crippen LogP contribution in [0.2, 0.25) is 0 Å². The molecule has 0 radical (unpaired) electrons. The summed E-state index contributed by atoms with van der Waals surface area (Å²) in [5.41, 5.74) is 2.11. The fraction of sp³-hybridized carbons (Fsp3) is 0.0968. The third-order valence-electron chi connectivity index (χ3n) is 6.01. The average Bonchev–Trinajstić information content (AvgIpc) is 3.38. The standard InChI is InChI=1S/C31H25N3O5S2/c1-2-39-21-14-17-25-26(18-21)41-31(33-25)34-29(36)27(19-8-4-3-5-9-19)40-22-15-12-20(13-16-22)32-28(35)23-10-6-7-11-24(23)30(37)38/h3-18,27H,2H2,1H3,(H,32,35)(H,37,38)(H,33,34,36). The van der Waals surface area contributed by atoms with Crippen LogP contribution in [-0.2, 0) is 4.79 Å². The number of carbonyl (C=O) groups is 3. The van der Waals surface area contributed by atoms with Crippen molar-refractivity contribution in [3.8, 4) is 5.75 Å². The van der Waals surface area contributed by atoms with Gasteiger partial charge < -0.3 is 20.5 Å². The average molecular weight is 584 g/mol. The number of nitrogens with zero attached hydrogens (tertiary/aromatic N) is 1. The second-order valence-corrected chi connectivity index (χ2v) is 11.0. The number of nitrogens with one attached hydrogen (secondary N) is 2. The van der Waals surface area contributed by atoms with E-state index in [9.17, 15) is 19.5 Å². The summed E-state index contributed by atoms with van der Waals surface area (Å²) in [6, 6.07) is 28.2. The van der Waals surface area contributed by atoms with Gasteiger partial charge in [-0.1, -0.05) is 53.8 Å². The number of hydrogen-bond donors (Lipinski definition) is 3. The molecule has 2 amide bonds. The number of hydrogen-bond acceptors (Lipinski definition) is 7. The van der Waals surface area contributed by atoms with E-state index in [-0.39, 0.29) is 17.0 Å². The lowest BCUT2D eigenvalue weighted by Gasteiger charge is -2.16. The van der Waals surface area contributed by atoms with Gasteiger partial charge in [-0.3, -0.25) is 9.59 Å². The Morgan fingerprint density at radius 1 is 0.902 bits per heavy atom. The van der Waals surface area contributed by atoms with Crippen molar-refractivity contribution < 1.29 is 24.2 Å². The number of thioether (sulfide) groups is 1. The number of benzene rings is 4. The Hall–Kier alpha value is -4.67. The van der Waals surface area contributed by atoms with Crippen LogP contribution >= 0.6 is 23.1 Å². The molecule has 1 aromatic heterocycles. The van der Waals surface area contributed by atoms with E-state index in [1.54, 1.807) is 36.4 Å². The zero-order valence-electron chi connectivity index (χ0n) is 21.9. The molecule has 5 aromatic rings. The first-order valence-electron chi connectivity index (χ1n) is 12.7. The van der Waals surface area contributed by atoms with E-state index in [0.29, 0.717) is 17.4 Å². The van der Waals surface area contributed by atoms with Gasteiger partial charge in [0.05, 0.1) is 28.0 Å². The molecule has 206 valence electrons. The number of ether oxygens (including phenoxy) is 1. The molecule has 0 bridgehead atoms. The van der Waals surface area contributed by atoms with Crippen molar-refractivity contribution in [2.75, 3.05) is 17.2 Å². The van der Waals surface area contributed by atoms with Crippen molar-refractivity contribution in [1.82, 2.24) is 4.98 Å². The molecule has 0 aliphatic heterocycles. The number of amides is 2. The summed E-state index contributed by atoms with van der Waals surface area (Å²) in [7, 11) is 0. The molecule has 1 atom stereocenters. The van der Waals surface area contributed by atoms with Crippen molar-refractivity contribution in [2.45, 2.75) is 17.1 Å². The third kappa shape index (κ3) is 6.74. The predicted octanol–water partition coefficient (Wildman–Crippen LogP) is 7.12. The van der Waals surface area contributed by atoms with Crippen molar-refractivity contribution in [2.24, 2.45) is 0 Å². The Morgan fingerprint density at radius 2 is 1.61 bits per heavy atom. The minimum atomic E-state index is -1.17. The first-order valence-corrected chi connectivity index (χ1v) is 14.4. The van der Waals surface area contributed by atoms with Crippen LogP contribution in [-0.4, -0.2) is 34.5 Å². The second kappa shape index (κ2) is 12.7. The topological polar surface area (TPSA) is 118 Å². The number of fused-ring (bicyclic) bond motifs is 1. The largest absolute Gasteiger partial charge is 0.494 e. The number of aromatic carboxylic acids is 1. The SMILES string of the molecule is CCOc1ccc2nc(NC(=O)C(Sc3ccc(NC(=O)c4ccccc4C(=O)O)cc3)c3ccccc3)sc2c1. The van der Waals surface area contributed by atoms with Crippen LogP contribution in [0.3, 0.4) is 0 Å². The molecular formula is C31H25N3O5S2. The summed E-state index contributed by atoms with van der Waals surface area (Å²) in [6.45, 7) is 2.49. The Kier molecular flexibility index (Phi) is 8.61. The molecule has 4 aromatic carbocycles. The van der Waals surface area contributed by atoms with Gasteiger partial charge in [-0.15, -0.1) is 11.8 Å². The van der Waals surface area contributed by atoms with Gasteiger partial charge in [0.1, 0.15) is 11.0 Å². The van der Waals surface area contributed by atoms with Crippen LogP contribution in [0.15, 0.2) is 102 Å². The molecule has 0 aliphatic carbocycles. The molecule has 8 nitrogen and oxygen atoms in total. The lowest BCUT2D eigenvalue weighted by atomic mass is 10.1. The van der Waals surface area contributed by atoms with E-state index in [1.165, 1.54) is 35.2 Å². The summed E-state index contributed by atoms with van der Waals surface area (Å²) in [5.74, 6) is -1.15. The van der Waals surface area contributed by atoms with Crippen molar-refractivity contribution in [3.63, 3.8) is 0 Å². The number of carboxylic acid groups (broad SMARTS) is 1. The summed E-state index contributed by atoms with van der Waals surface area (Å²) < 4.78 is 6.49. The Balaban J connectivity index is 1.32. The Morgan fingerprint density at radius 3 is 2.32 bits per heavy atom. The predicted molar refractivity (Wildman–Crippen MR) is 162 cm³/mol. The van der Waals surface area contributed by atoms with Crippen LogP contribution in [0.5, 0.6) is 5.75 Å². The van der Waals surface area contributed by atoms with E-state index in [0.717, 1.165) is 26.4 Å². The molecule has 5 rings (SSSR count). The van der Waals surface area contributed by atoms with Crippen LogP contribution < -0.4 is 15.4 Å². The van der Waals surface area contributed by atoms with Gasteiger partial charge >= 0.3 is 5.97 Å². The molecule has 0 saturated heterocycles. The van der Waals surface area contributed by atoms with Gasteiger partial charge in [-0.2, -0.15) is 0 Å². The monoisotopic (exact) mass is 583 g/mol. The number of aromatic nitrogens is 1. The van der Waals surface area contributed by atoms with E-state index in [1.807, 2.05) is 55.5 Å². The highest BCUT2D eigenvalue weighted by molar-refractivity contribution is 8.00. The molecule has 0 aliphatic rings. The molecule has 0 spiro atoms. The first-order chi connectivity index (χ1) is 19.9. The molecule has 1 unspecified atom stereocenters. The molecule has 0 fully saturated rings. The fourth-order valence-corrected chi connectivity index (χ4v) is 6.03. The van der Waals surface area contributed by atoms with Crippen LogP contribution in [0, 0.1) is 0 Å². The zero-order valence-corrected chi connectivity index (χ0v) is 23.5. The summed E-state index contributed by atoms with van der Waals surface area (Å²) in [6.07, 6.45) is 0. The highest BCUT2D eigenvalue weighted by atomic mass is 32.2. The van der Waals surface area contributed by atoms with Crippen LogP contribution in [0.1, 0.15) is 38.5 Å². The Labute approximate surface area is 244 Å². The van der Waals surface area contributed by atoms with E-state index < -0.39 is 17.1 Å². The molecule has 0 saturated carbocycles. The number of carboxylic acids is 1. The van der Waals surface area contributed by atoms with E-state index in [4.69, 9.17) is 4.74 Å². The van der Waals surface area contributed by atoms with E-state index >= 15 is 0 Å². The fourth-order valence-electron chi connectivity index (χ4n) is 4.11. The van der Waals surface area contributed by atoms with Crippen molar-refractivity contribution >= 4 is 61.9 Å². The highest BCUT2D eigenvalue weighted by Gasteiger charge is 2.24. The third-order valence-corrected chi connectivity index (χ3v) is 8.21. The van der Waals surface area contributed by atoms with Gasteiger partial charge in [-0.25, -0.2) is 9.78 Å². The number of anilines is 2. The maximum absolute atomic E-state index is 13.5. The normalized spacial score (nSPS) is 11.5. The quantitative estimate of drug-likeness (QED) is 0.150. The van der Waals surface area contributed by atoms with Crippen molar-refractivity contribution in [3.05, 3.63) is 114 Å². The summed E-state index contributed by atoms with van der Waals surface area (Å²) >= 11 is 2.75. The number of carbonyl (C=O) groups excluding carboxylic acids is 2. The van der Waals surface area contributed by atoms with Crippen LogP contribution in [0.4, 0.5) is 10.8 Å². The molecule has 41 heavy (non-hydrogen) atoms. The molecule has 1 heterocycles. The lowest BCUT2D eigenvalue weighted by Crippen LogP contribution is -2.19. The zero-order chi connectivity index (χ0) is 28.8. The summed E-state index contributed by atoms with van der Waals surface area (Å²) in [4.78, 5) is 43.1. The molecule has 10 heteroatoms. The van der Waals surface area contributed by atoms with Gasteiger partial charge in [0.15, 0.2) is 5.13 Å². The minimum absolute atomic E-state index is 0.0724. The van der Waals surface area contributed by atoms with Gasteiger partial charge in [0.2, 0.25) is 5.91 Å². The highest BCUT2D eigenvalue weighted by Crippen LogP contribution is 2.38. The molecular weight excluding hydrogens is 558 g/mol. The maximum atomic E-state index is 13.5. The maximum Gasteiger partial charge on any atom is 0.336 e. The van der Waals surface area contributed by atoms with Gasteiger partial charge in [-0.05, 0) is 67.1 Å². The van der Waals surface area contributed by atoms with Gasteiger partial charge in [0.25, 0.3) is 5.91 Å². The van der Waals surface area contributed by atoms with Crippen LogP contribution in [0.25, 0.3) is 10.2 Å². The minimum Gasteiger partial charge on any atom is -0.494 e. The molecule has 3 N–H and O–H groups in total. The Bertz CT molecular complexity index is 1700. The first kappa shape index (κ1) is 27.9. The van der Waals surface area contributed by atoms with Crippen molar-refractivity contribution in [1.29, 1.82) is 0 Å². The van der Waals surface area contributed by atoms with Gasteiger partial charge in [0, 0.05) is 10.6 Å². The lowest BCUT2D eigenvalue weighted by molar-refractivity contribution is -0.115. The second-order valence-electron chi connectivity index (χ2n) is 8.81.